The highest BCUT2D eigenvalue weighted by molar-refractivity contribution is 6.29. The highest BCUT2D eigenvalue weighted by Crippen LogP contribution is 2.31. The number of carbonyl (C=O) groups excluding carboxylic acids is 4. The van der Waals surface area contributed by atoms with Crippen LogP contribution in [0.25, 0.3) is 11.3 Å². The van der Waals surface area contributed by atoms with Gasteiger partial charge in [0.25, 0.3) is 11.8 Å². The summed E-state index contributed by atoms with van der Waals surface area (Å²) in [6, 6.07) is 34.9. The van der Waals surface area contributed by atoms with Crippen LogP contribution >= 0.6 is 11.6 Å². The predicted molar refractivity (Wildman–Crippen MR) is 341 cm³/mol. The SMILES string of the molecule is COC(=O)c1nn(Cc2ccc(OC)cc2)cc1N.COC(=O)c1nn(Cc2ccc(OC)cc2)cc1Nc1cc(N(C)Cc2ccc(OC)cc2)c2ncc(C(=O)NC3CC3)n2n1.COc1ccc(CN(C)c2cc(Cl)nn3c(C(=O)NC4CC4)cnc23)cc1. The van der Waals surface area contributed by atoms with Crippen LogP contribution in [0.3, 0.4) is 0 Å². The van der Waals surface area contributed by atoms with Crippen molar-refractivity contribution in [3.63, 3.8) is 0 Å². The number of aromatic nitrogens is 10. The third kappa shape index (κ3) is 15.7. The lowest BCUT2D eigenvalue weighted by Gasteiger charge is -2.21. The number of imidazole rings is 2. The summed E-state index contributed by atoms with van der Waals surface area (Å²) in [4.78, 5) is 62.8. The molecule has 0 spiro atoms. The number of ether oxygens (including phenoxy) is 6. The van der Waals surface area contributed by atoms with E-state index in [1.54, 1.807) is 62.5 Å². The second-order valence-corrected chi connectivity index (χ2v) is 21.8. The average molecular weight is 1260 g/mol. The van der Waals surface area contributed by atoms with Gasteiger partial charge in [-0.05, 0) is 96.5 Å². The standard InChI is InChI=1S/C32H34N8O5.C19H20ClN5O2.C13H15N3O3/c1-38(17-20-5-11-23(43-2)12-6-20)26-15-28(36-40-27(16-33-30(26)40)31(41)34-22-9-10-22)35-25-19-39(37-29(25)32(42)45-4)18-21-7-13-24(44-3)14-8-21;1-24(11-12-3-7-14(27-2)8-4-12)15-9-17(20)23-25-16(10-21-18(15)25)19(26)22-13-5-6-13;1-18-10-5-3-9(4-6-10)7-16-8-11(14)12(15-16)13(17)19-2/h5-8,11-16,19,22H,9-10,17-18H2,1-4H3,(H,34,41)(H,35,36);3-4,7-10,13H,5-6,11H2,1-2H3,(H,22,26);3-6,8H,7,14H2,1-2H3. The molecule has 5 N–H and O–H groups in total. The first-order chi connectivity index (χ1) is 44.0. The molecule has 91 heavy (non-hydrogen) atoms. The minimum atomic E-state index is -0.601. The number of hydrogen-bond donors (Lipinski definition) is 4. The van der Waals surface area contributed by atoms with Gasteiger partial charge < -0.3 is 59.9 Å². The van der Waals surface area contributed by atoms with Crippen molar-refractivity contribution in [3.8, 4) is 23.0 Å². The predicted octanol–water partition coefficient (Wildman–Crippen LogP) is 8.28. The molecule has 0 radical (unpaired) electrons. The van der Waals surface area contributed by atoms with Gasteiger partial charge in [0.15, 0.2) is 45.0 Å². The maximum atomic E-state index is 13.1. The van der Waals surface area contributed by atoms with Gasteiger partial charge in [-0.2, -0.15) is 15.3 Å². The zero-order valence-corrected chi connectivity index (χ0v) is 52.2. The second-order valence-electron chi connectivity index (χ2n) is 21.5. The van der Waals surface area contributed by atoms with Gasteiger partial charge in [-0.15, -0.1) is 5.10 Å². The van der Waals surface area contributed by atoms with E-state index in [0.29, 0.717) is 71.2 Å². The number of fused-ring (bicyclic) bond motifs is 2. The van der Waals surface area contributed by atoms with Crippen LogP contribution in [-0.4, -0.2) is 141 Å². The number of amides is 2. The van der Waals surface area contributed by atoms with Crippen molar-refractivity contribution in [3.05, 3.63) is 184 Å². The third-order valence-corrected chi connectivity index (χ3v) is 14.9. The van der Waals surface area contributed by atoms with Crippen molar-refractivity contribution in [2.75, 3.05) is 77.6 Å². The number of rotatable bonds is 22. The van der Waals surface area contributed by atoms with E-state index in [1.165, 1.54) is 29.4 Å². The first-order valence-corrected chi connectivity index (χ1v) is 29.2. The number of nitrogens with zero attached hydrogens (tertiary/aromatic N) is 12. The van der Waals surface area contributed by atoms with Crippen LogP contribution in [0.4, 0.5) is 28.6 Å². The monoisotopic (exact) mass is 1260 g/mol. The molecule has 2 aliphatic carbocycles. The third-order valence-electron chi connectivity index (χ3n) is 14.7. The van der Waals surface area contributed by atoms with Crippen LogP contribution in [0.5, 0.6) is 23.0 Å². The number of nitrogens with one attached hydrogen (secondary N) is 3. The summed E-state index contributed by atoms with van der Waals surface area (Å²) in [6.07, 6.45) is 10.3. The number of hydrogen-bond acceptors (Lipinski definition) is 20. The summed E-state index contributed by atoms with van der Waals surface area (Å²) in [7, 11) is 13.0. The molecule has 0 bridgehead atoms. The Morgan fingerprint density at radius 3 is 1.36 bits per heavy atom. The lowest BCUT2D eigenvalue weighted by molar-refractivity contribution is 0.0585. The molecule has 2 saturated carbocycles. The Kier molecular flexibility index (Phi) is 19.8. The van der Waals surface area contributed by atoms with Crippen LogP contribution in [0.15, 0.2) is 134 Å². The maximum Gasteiger partial charge on any atom is 0.360 e. The van der Waals surface area contributed by atoms with Crippen LogP contribution in [0.2, 0.25) is 5.15 Å². The Morgan fingerprint density at radius 1 is 0.538 bits per heavy atom. The Bertz CT molecular complexity index is 4180. The van der Waals surface area contributed by atoms with Gasteiger partial charge in [0.1, 0.15) is 23.0 Å². The number of esters is 2. The van der Waals surface area contributed by atoms with Crippen molar-refractivity contribution >= 4 is 75.2 Å². The first-order valence-electron chi connectivity index (χ1n) is 28.9. The fourth-order valence-electron chi connectivity index (χ4n) is 9.55. The van der Waals surface area contributed by atoms with Crippen LogP contribution in [-0.2, 0) is 35.7 Å². The minimum absolute atomic E-state index is 0.0957. The molecule has 2 aliphatic rings. The van der Waals surface area contributed by atoms with Crippen LogP contribution in [0.1, 0.15) is 89.9 Å². The van der Waals surface area contributed by atoms with E-state index >= 15 is 0 Å². The Morgan fingerprint density at radius 2 is 0.934 bits per heavy atom. The molecule has 2 fully saturated rings. The van der Waals surface area contributed by atoms with E-state index in [-0.39, 0.29) is 35.3 Å². The second kappa shape index (κ2) is 28.5. The molecule has 0 saturated heterocycles. The molecule has 4 aromatic carbocycles. The van der Waals surface area contributed by atoms with Crippen molar-refractivity contribution in [2.45, 2.75) is 63.9 Å². The van der Waals surface area contributed by atoms with Crippen molar-refractivity contribution in [1.82, 2.24) is 59.4 Å². The molecular weight excluding hydrogens is 1190 g/mol. The van der Waals surface area contributed by atoms with Gasteiger partial charge >= 0.3 is 11.9 Å². The van der Waals surface area contributed by atoms with Crippen LogP contribution in [0, 0.1) is 0 Å². The summed E-state index contributed by atoms with van der Waals surface area (Å²) < 4.78 is 36.8. The normalized spacial score (nSPS) is 12.4. The summed E-state index contributed by atoms with van der Waals surface area (Å²) in [5, 5.41) is 27.1. The fourth-order valence-corrected chi connectivity index (χ4v) is 9.73. The fraction of sp³-hybridized carbons (Fsp3) is 0.281. The van der Waals surface area contributed by atoms with Crippen molar-refractivity contribution in [1.29, 1.82) is 0 Å². The molecule has 10 aromatic rings. The maximum absolute atomic E-state index is 13.1. The van der Waals surface area contributed by atoms with Crippen LogP contribution < -0.4 is 50.4 Å². The lowest BCUT2D eigenvalue weighted by Crippen LogP contribution is -2.27. The van der Waals surface area contributed by atoms with E-state index < -0.39 is 11.9 Å². The van der Waals surface area contributed by atoms with E-state index in [4.69, 9.17) is 46.1 Å². The van der Waals surface area contributed by atoms with E-state index in [9.17, 15) is 19.2 Å². The molecule has 26 nitrogen and oxygen atoms in total. The summed E-state index contributed by atoms with van der Waals surface area (Å²) >= 11 is 6.23. The number of halogens is 1. The minimum Gasteiger partial charge on any atom is -0.497 e. The van der Waals surface area contributed by atoms with Gasteiger partial charge in [-0.1, -0.05) is 60.1 Å². The summed E-state index contributed by atoms with van der Waals surface area (Å²) in [6.45, 7) is 2.12. The number of carbonyl (C=O) groups is 4. The molecule has 0 unspecified atom stereocenters. The Hall–Kier alpha value is -10.9. The Balaban J connectivity index is 0.000000167. The van der Waals surface area contributed by atoms with E-state index in [0.717, 1.165) is 82.3 Å². The largest absolute Gasteiger partial charge is 0.497 e. The molecule has 0 aliphatic heterocycles. The Labute approximate surface area is 528 Å². The molecule has 2 amide bonds. The number of methoxy groups -OCH3 is 6. The highest BCUT2D eigenvalue weighted by Gasteiger charge is 2.29. The first kappa shape index (κ1) is 63.1. The van der Waals surface area contributed by atoms with Gasteiger partial charge in [0, 0.05) is 63.8 Å². The summed E-state index contributed by atoms with van der Waals surface area (Å²) in [5.41, 5.74) is 14.1. The number of benzene rings is 4. The quantitative estimate of drug-likeness (QED) is 0.0464. The van der Waals surface area contributed by atoms with Gasteiger partial charge in [-0.25, -0.2) is 28.6 Å². The zero-order valence-electron chi connectivity index (χ0n) is 51.4. The van der Waals surface area contributed by atoms with Gasteiger partial charge in [-0.3, -0.25) is 19.0 Å². The number of nitrogen functional groups attached to an aromatic ring is 1. The smallest absolute Gasteiger partial charge is 0.360 e. The molecule has 0 atom stereocenters. The molecule has 6 aromatic heterocycles. The van der Waals surface area contributed by atoms with Gasteiger partial charge in [0.2, 0.25) is 0 Å². The molecule has 27 heteroatoms. The van der Waals surface area contributed by atoms with Gasteiger partial charge in [0.05, 0.1) is 90.9 Å². The van der Waals surface area contributed by atoms with E-state index in [2.05, 4.69) is 46.0 Å². The topological polar surface area (TPSA) is 288 Å². The van der Waals surface area contributed by atoms with Crippen molar-refractivity contribution < 1.29 is 47.6 Å². The summed E-state index contributed by atoms with van der Waals surface area (Å²) in [5.74, 6) is 1.94. The molecule has 12 rings (SSSR count). The average Bonchev–Trinajstić information content (AvgIpc) is 1.69. The highest BCUT2D eigenvalue weighted by atomic mass is 35.5. The number of nitrogens with two attached hydrogens (primary N) is 1. The zero-order chi connectivity index (χ0) is 64.3. The molecule has 6 heterocycles. The molecular formula is C64H69ClN16O10. The lowest BCUT2D eigenvalue weighted by atomic mass is 10.2. The molecule has 472 valence electrons. The number of anilines is 5. The van der Waals surface area contributed by atoms with Crippen molar-refractivity contribution in [2.24, 2.45) is 0 Å². The van der Waals surface area contributed by atoms with E-state index in [1.807, 2.05) is 127 Å².